The first kappa shape index (κ1) is 11.6. The first-order valence-corrected chi connectivity index (χ1v) is 7.64. The van der Waals surface area contributed by atoms with Gasteiger partial charge in [0.25, 0.3) is 0 Å². The number of nitrogens with zero attached hydrogens (tertiary/aromatic N) is 2. The van der Waals surface area contributed by atoms with E-state index < -0.39 is 0 Å². The fraction of sp³-hybridized carbons (Fsp3) is 0.769. The summed E-state index contributed by atoms with van der Waals surface area (Å²) < 4.78 is 0. The molecule has 1 aromatic rings. The van der Waals surface area contributed by atoms with Crippen molar-refractivity contribution in [1.29, 1.82) is 0 Å². The minimum absolute atomic E-state index is 0.742. The first-order valence-electron chi connectivity index (χ1n) is 6.76. The zero-order valence-electron chi connectivity index (χ0n) is 10.3. The summed E-state index contributed by atoms with van der Waals surface area (Å²) in [6.45, 7) is 3.54. The quantitative estimate of drug-likeness (QED) is 0.870. The van der Waals surface area contributed by atoms with Crippen LogP contribution in [0.3, 0.4) is 0 Å². The fourth-order valence-corrected chi connectivity index (χ4v) is 3.23. The van der Waals surface area contributed by atoms with Gasteiger partial charge in [-0.3, -0.25) is 9.88 Å². The van der Waals surface area contributed by atoms with Gasteiger partial charge in [-0.25, -0.2) is 0 Å². The second kappa shape index (κ2) is 5.46. The summed E-state index contributed by atoms with van der Waals surface area (Å²) in [5, 5.41) is 3.68. The Labute approximate surface area is 107 Å². The molecule has 94 valence electrons. The van der Waals surface area contributed by atoms with Crippen molar-refractivity contribution in [3.8, 4) is 0 Å². The summed E-state index contributed by atoms with van der Waals surface area (Å²) in [5.41, 5.74) is 1.94. The van der Waals surface area contributed by atoms with Gasteiger partial charge in [0.15, 0.2) is 0 Å². The number of hydrogen-bond donors (Lipinski definition) is 1. The molecule has 4 heteroatoms. The Balaban J connectivity index is 1.54. The zero-order chi connectivity index (χ0) is 11.5. The normalized spacial score (nSPS) is 26.2. The van der Waals surface area contributed by atoms with Crippen molar-refractivity contribution in [2.24, 2.45) is 0 Å². The molecule has 0 radical (unpaired) electrons. The number of hydrogen-bond acceptors (Lipinski definition) is 4. The third-order valence-corrected chi connectivity index (χ3v) is 4.58. The molecular formula is C13H21N3S. The maximum atomic E-state index is 4.17. The first-order chi connectivity index (χ1) is 8.42. The Bertz CT molecular complexity index is 334. The molecule has 0 spiro atoms. The molecule has 1 aromatic heterocycles. The minimum Gasteiger partial charge on any atom is -0.312 e. The number of rotatable bonds is 5. The lowest BCUT2D eigenvalue weighted by Gasteiger charge is -2.35. The minimum atomic E-state index is 0.742. The van der Waals surface area contributed by atoms with Crippen LogP contribution >= 0.6 is 11.3 Å². The number of aromatic nitrogens is 1. The Morgan fingerprint density at radius 2 is 2.29 bits per heavy atom. The Morgan fingerprint density at radius 1 is 1.35 bits per heavy atom. The molecule has 0 bridgehead atoms. The van der Waals surface area contributed by atoms with Gasteiger partial charge >= 0.3 is 0 Å². The lowest BCUT2D eigenvalue weighted by Crippen LogP contribution is -2.45. The van der Waals surface area contributed by atoms with Gasteiger partial charge in [0.1, 0.15) is 0 Å². The molecule has 1 saturated heterocycles. The van der Waals surface area contributed by atoms with Gasteiger partial charge in [-0.15, -0.1) is 11.3 Å². The molecule has 17 heavy (non-hydrogen) atoms. The van der Waals surface area contributed by atoms with Crippen molar-refractivity contribution in [1.82, 2.24) is 15.2 Å². The molecule has 0 aromatic carbocycles. The van der Waals surface area contributed by atoms with Gasteiger partial charge in [0.2, 0.25) is 0 Å². The van der Waals surface area contributed by atoms with Crippen molar-refractivity contribution < 1.29 is 0 Å². The predicted octanol–water partition coefficient (Wildman–Crippen LogP) is 2.25. The van der Waals surface area contributed by atoms with E-state index in [0.29, 0.717) is 0 Å². The van der Waals surface area contributed by atoms with E-state index in [-0.39, 0.29) is 0 Å². The molecular weight excluding hydrogens is 230 g/mol. The summed E-state index contributed by atoms with van der Waals surface area (Å²) in [5.74, 6) is 0. The molecule has 1 aliphatic heterocycles. The number of nitrogens with one attached hydrogen (secondary N) is 1. The van der Waals surface area contributed by atoms with Crippen LogP contribution in [0.15, 0.2) is 11.7 Å². The van der Waals surface area contributed by atoms with Gasteiger partial charge < -0.3 is 5.32 Å². The number of thiazole rings is 1. The van der Waals surface area contributed by atoms with E-state index in [9.17, 15) is 0 Å². The van der Waals surface area contributed by atoms with Crippen LogP contribution in [0.2, 0.25) is 0 Å². The molecule has 2 fully saturated rings. The fourth-order valence-electron chi connectivity index (χ4n) is 2.61. The van der Waals surface area contributed by atoms with E-state index in [1.54, 1.807) is 11.3 Å². The molecule has 1 aliphatic carbocycles. The van der Waals surface area contributed by atoms with Crippen molar-refractivity contribution in [2.75, 3.05) is 13.1 Å². The molecule has 1 saturated carbocycles. The smallest absolute Gasteiger partial charge is 0.0794 e. The Kier molecular flexibility index (Phi) is 3.74. The summed E-state index contributed by atoms with van der Waals surface area (Å²) in [6.07, 6.45) is 8.92. The van der Waals surface area contributed by atoms with Crippen molar-refractivity contribution in [3.05, 3.63) is 16.6 Å². The van der Waals surface area contributed by atoms with E-state index in [1.165, 1.54) is 50.1 Å². The maximum Gasteiger partial charge on any atom is 0.0794 e. The van der Waals surface area contributed by atoms with Crippen molar-refractivity contribution >= 4 is 11.3 Å². The third-order valence-electron chi connectivity index (χ3n) is 3.81. The van der Waals surface area contributed by atoms with Crippen molar-refractivity contribution in [2.45, 2.75) is 50.7 Å². The molecule has 1 unspecified atom stereocenters. The largest absolute Gasteiger partial charge is 0.312 e. The highest BCUT2D eigenvalue weighted by Crippen LogP contribution is 2.23. The van der Waals surface area contributed by atoms with Crippen LogP contribution in [0, 0.1) is 0 Å². The van der Waals surface area contributed by atoms with Crippen LogP contribution in [-0.4, -0.2) is 35.1 Å². The summed E-state index contributed by atoms with van der Waals surface area (Å²) >= 11 is 1.78. The molecule has 1 N–H and O–H groups in total. The summed E-state index contributed by atoms with van der Waals surface area (Å²) in [4.78, 5) is 8.22. The van der Waals surface area contributed by atoms with Crippen LogP contribution in [0.5, 0.6) is 0 Å². The molecule has 1 atom stereocenters. The van der Waals surface area contributed by atoms with Gasteiger partial charge in [-0.2, -0.15) is 0 Å². The van der Waals surface area contributed by atoms with Crippen LogP contribution in [0.25, 0.3) is 0 Å². The molecule has 3 rings (SSSR count). The average molecular weight is 251 g/mol. The van der Waals surface area contributed by atoms with Crippen LogP contribution in [0.4, 0.5) is 0 Å². The Morgan fingerprint density at radius 3 is 3.06 bits per heavy atom. The van der Waals surface area contributed by atoms with E-state index in [0.717, 1.165) is 18.6 Å². The van der Waals surface area contributed by atoms with Gasteiger partial charge in [-0.05, 0) is 32.2 Å². The second-order valence-corrected chi connectivity index (χ2v) is 6.24. The summed E-state index contributed by atoms with van der Waals surface area (Å²) in [7, 11) is 0. The van der Waals surface area contributed by atoms with Gasteiger partial charge in [0, 0.05) is 36.2 Å². The lowest BCUT2D eigenvalue weighted by atomic mass is 10.0. The highest BCUT2D eigenvalue weighted by atomic mass is 32.1. The maximum absolute atomic E-state index is 4.17. The molecule has 2 aliphatic rings. The van der Waals surface area contributed by atoms with E-state index in [2.05, 4.69) is 15.2 Å². The predicted molar refractivity (Wildman–Crippen MR) is 71.2 cm³/mol. The summed E-state index contributed by atoms with van der Waals surface area (Å²) in [6, 6.07) is 1.58. The SMILES string of the molecule is c1ncc(CN2CCCCC2CNC2CC2)s1. The molecule has 0 amide bonds. The number of likely N-dealkylation sites (tertiary alicyclic amines) is 1. The van der Waals surface area contributed by atoms with Gasteiger partial charge in [-0.1, -0.05) is 6.42 Å². The van der Waals surface area contributed by atoms with Gasteiger partial charge in [0.05, 0.1) is 5.51 Å². The zero-order valence-corrected chi connectivity index (χ0v) is 11.1. The topological polar surface area (TPSA) is 28.2 Å². The van der Waals surface area contributed by atoms with Crippen molar-refractivity contribution in [3.63, 3.8) is 0 Å². The van der Waals surface area contributed by atoms with Crippen LogP contribution in [-0.2, 0) is 6.54 Å². The standard InChI is InChI=1S/C13H21N3S/c1-2-6-16(9-13-8-14-10-17-13)12(3-1)7-15-11-4-5-11/h8,10-12,15H,1-7,9H2. The molecule has 3 nitrogen and oxygen atoms in total. The lowest BCUT2D eigenvalue weighted by molar-refractivity contribution is 0.138. The highest BCUT2D eigenvalue weighted by molar-refractivity contribution is 7.09. The second-order valence-electron chi connectivity index (χ2n) is 5.27. The monoisotopic (exact) mass is 251 g/mol. The molecule has 2 heterocycles. The van der Waals surface area contributed by atoms with E-state index >= 15 is 0 Å². The van der Waals surface area contributed by atoms with Crippen LogP contribution in [0.1, 0.15) is 37.0 Å². The van der Waals surface area contributed by atoms with E-state index in [4.69, 9.17) is 0 Å². The average Bonchev–Trinajstić information content (AvgIpc) is 3.05. The van der Waals surface area contributed by atoms with E-state index in [1.807, 2.05) is 11.7 Å². The number of piperidine rings is 1. The highest BCUT2D eigenvalue weighted by Gasteiger charge is 2.26. The third kappa shape index (κ3) is 3.27. The Hall–Kier alpha value is -0.450. The van der Waals surface area contributed by atoms with Crippen LogP contribution < -0.4 is 5.32 Å².